The summed E-state index contributed by atoms with van der Waals surface area (Å²) in [5.41, 5.74) is -0.442. The summed E-state index contributed by atoms with van der Waals surface area (Å²) in [5.74, 6) is -2.48. The molecule has 1 saturated heterocycles. The number of alkyl halides is 3. The largest absolute Gasteiger partial charge is 0.452 e. The fraction of sp³-hybridized carbons (Fsp3) is 0.286. The van der Waals surface area contributed by atoms with Crippen molar-refractivity contribution in [1.82, 2.24) is 14.3 Å². The highest BCUT2D eigenvalue weighted by molar-refractivity contribution is 7.88. The molecule has 0 spiro atoms. The molecule has 1 atom stereocenters. The van der Waals surface area contributed by atoms with Crippen LogP contribution < -0.4 is 10.6 Å². The Bertz CT molecular complexity index is 1280. The summed E-state index contributed by atoms with van der Waals surface area (Å²) in [5, 5.41) is 5.44. The Labute approximate surface area is 193 Å². The minimum absolute atomic E-state index is 0.136. The number of carbonyl (C=O) groups excluding carboxylic acids is 1. The van der Waals surface area contributed by atoms with Gasteiger partial charge in [-0.2, -0.15) is 13.2 Å². The molecule has 0 radical (unpaired) electrons. The first-order valence-corrected chi connectivity index (χ1v) is 12.0. The van der Waals surface area contributed by atoms with Gasteiger partial charge in [0.25, 0.3) is 5.91 Å². The number of hydrogen-bond acceptors (Lipinski definition) is 7. The molecule has 1 aliphatic rings. The van der Waals surface area contributed by atoms with E-state index in [-0.39, 0.29) is 17.6 Å². The highest BCUT2D eigenvalue weighted by Gasteiger charge is 2.42. The van der Waals surface area contributed by atoms with Crippen molar-refractivity contribution in [3.05, 3.63) is 60.1 Å². The van der Waals surface area contributed by atoms with Crippen molar-refractivity contribution in [2.24, 2.45) is 0 Å². The Morgan fingerprint density at radius 1 is 1.18 bits per heavy atom. The normalized spacial score (nSPS) is 17.0. The minimum atomic E-state index is -4.92. The van der Waals surface area contributed by atoms with Crippen molar-refractivity contribution in [1.29, 1.82) is 0 Å². The molecule has 0 unspecified atom stereocenters. The molecule has 0 aliphatic carbocycles. The molecule has 1 amide bonds. The molecule has 180 valence electrons. The van der Waals surface area contributed by atoms with Crippen LogP contribution in [0.5, 0.6) is 0 Å². The van der Waals surface area contributed by atoms with Crippen LogP contribution in [0.1, 0.15) is 22.7 Å². The summed E-state index contributed by atoms with van der Waals surface area (Å²) >= 11 is 0. The lowest BCUT2D eigenvalue weighted by Gasteiger charge is -2.15. The van der Waals surface area contributed by atoms with E-state index < -0.39 is 33.6 Å². The fourth-order valence-corrected chi connectivity index (χ4v) is 4.36. The van der Waals surface area contributed by atoms with Gasteiger partial charge in [-0.05, 0) is 30.7 Å². The van der Waals surface area contributed by atoms with Crippen molar-refractivity contribution in [2.75, 3.05) is 30.0 Å². The molecule has 4 rings (SSSR count). The number of nitrogens with one attached hydrogen (secondary N) is 2. The number of carbonyl (C=O) groups is 1. The van der Waals surface area contributed by atoms with Gasteiger partial charge in [-0.1, -0.05) is 18.2 Å². The lowest BCUT2D eigenvalue weighted by molar-refractivity contribution is -0.153. The Balaban J connectivity index is 1.46. The van der Waals surface area contributed by atoms with Crippen molar-refractivity contribution >= 4 is 27.4 Å². The van der Waals surface area contributed by atoms with Gasteiger partial charge in [0.1, 0.15) is 5.82 Å². The smallest absolute Gasteiger partial charge is 0.431 e. The van der Waals surface area contributed by atoms with Crippen LogP contribution in [0, 0.1) is 0 Å². The van der Waals surface area contributed by atoms with E-state index in [0.29, 0.717) is 30.9 Å². The SMILES string of the molecule is CS(=O)(=O)N1CC[C@H](Nc2ccc(NC(=O)c3nc(-c4ccccc4)oc3C(F)(F)F)cn2)C1. The number of nitrogens with zero attached hydrogens (tertiary/aromatic N) is 3. The molecule has 1 fully saturated rings. The van der Waals surface area contributed by atoms with Gasteiger partial charge < -0.3 is 15.1 Å². The van der Waals surface area contributed by atoms with E-state index in [1.807, 2.05) is 0 Å². The maximum absolute atomic E-state index is 13.4. The van der Waals surface area contributed by atoms with Gasteiger partial charge in [0.2, 0.25) is 21.7 Å². The van der Waals surface area contributed by atoms with Crippen molar-refractivity contribution < 1.29 is 30.8 Å². The molecule has 0 bridgehead atoms. The van der Waals surface area contributed by atoms with Crippen LogP contribution in [0.2, 0.25) is 0 Å². The van der Waals surface area contributed by atoms with Crippen molar-refractivity contribution in [2.45, 2.75) is 18.6 Å². The lowest BCUT2D eigenvalue weighted by Crippen LogP contribution is -2.30. The molecular weight excluding hydrogens is 475 g/mol. The summed E-state index contributed by atoms with van der Waals surface area (Å²) in [6.07, 6.45) is -1.90. The lowest BCUT2D eigenvalue weighted by atomic mass is 10.2. The van der Waals surface area contributed by atoms with Crippen LogP contribution in [0.3, 0.4) is 0 Å². The van der Waals surface area contributed by atoms with Gasteiger partial charge in [-0.3, -0.25) is 4.79 Å². The van der Waals surface area contributed by atoms with Crippen molar-refractivity contribution in [3.63, 3.8) is 0 Å². The maximum Gasteiger partial charge on any atom is 0.452 e. The van der Waals surface area contributed by atoms with E-state index in [2.05, 4.69) is 20.6 Å². The topological polar surface area (TPSA) is 117 Å². The van der Waals surface area contributed by atoms with Crippen molar-refractivity contribution in [3.8, 4) is 11.5 Å². The maximum atomic E-state index is 13.4. The summed E-state index contributed by atoms with van der Waals surface area (Å²) in [7, 11) is -3.27. The van der Waals surface area contributed by atoms with E-state index in [0.717, 1.165) is 6.26 Å². The minimum Gasteiger partial charge on any atom is -0.431 e. The molecular formula is C21H20F3N5O4S. The number of oxazole rings is 1. The summed E-state index contributed by atoms with van der Waals surface area (Å²) in [4.78, 5) is 20.5. The quantitative estimate of drug-likeness (QED) is 0.538. The molecule has 3 aromatic rings. The standard InChI is InChI=1S/C21H20F3N5O4S/c1-34(31,32)29-10-9-15(12-29)26-16-8-7-14(11-25-16)27-19(30)17-18(21(22,23)24)33-20(28-17)13-5-3-2-4-6-13/h2-8,11,15H,9-10,12H2,1H3,(H,25,26)(H,27,30)/t15-/m0/s1. The third-order valence-electron chi connectivity index (χ3n) is 5.11. The molecule has 13 heteroatoms. The van der Waals surface area contributed by atoms with Crippen LogP contribution in [-0.4, -0.2) is 54.0 Å². The Morgan fingerprint density at radius 2 is 1.91 bits per heavy atom. The van der Waals surface area contributed by atoms with E-state index in [1.54, 1.807) is 18.2 Å². The van der Waals surface area contributed by atoms with Gasteiger partial charge in [-0.15, -0.1) is 0 Å². The zero-order chi connectivity index (χ0) is 24.5. The Kier molecular flexibility index (Phi) is 6.32. The number of aromatic nitrogens is 2. The van der Waals surface area contributed by atoms with Crippen LogP contribution in [0.15, 0.2) is 53.1 Å². The first kappa shape index (κ1) is 23.7. The molecule has 1 aromatic carbocycles. The Hall–Kier alpha value is -3.45. The molecule has 2 aromatic heterocycles. The zero-order valence-corrected chi connectivity index (χ0v) is 18.7. The van der Waals surface area contributed by atoms with Gasteiger partial charge in [-0.25, -0.2) is 22.7 Å². The molecule has 9 nitrogen and oxygen atoms in total. The second-order valence-corrected chi connectivity index (χ2v) is 9.68. The van der Waals surface area contributed by atoms with E-state index in [1.165, 1.54) is 34.8 Å². The van der Waals surface area contributed by atoms with Crippen LogP contribution >= 0.6 is 0 Å². The Morgan fingerprint density at radius 3 is 2.50 bits per heavy atom. The molecule has 0 saturated carbocycles. The average Bonchev–Trinajstić information content (AvgIpc) is 3.43. The second kappa shape index (κ2) is 9.06. The fourth-order valence-electron chi connectivity index (χ4n) is 3.47. The first-order chi connectivity index (χ1) is 16.0. The monoisotopic (exact) mass is 495 g/mol. The number of amides is 1. The van der Waals surface area contributed by atoms with Gasteiger partial charge in [0.05, 0.1) is 18.1 Å². The van der Waals surface area contributed by atoms with E-state index in [4.69, 9.17) is 4.42 Å². The average molecular weight is 495 g/mol. The number of hydrogen-bond donors (Lipinski definition) is 2. The number of anilines is 2. The summed E-state index contributed by atoms with van der Waals surface area (Å²) < 4.78 is 69.8. The van der Waals surface area contributed by atoms with Gasteiger partial charge >= 0.3 is 6.18 Å². The summed E-state index contributed by atoms with van der Waals surface area (Å²) in [6, 6.07) is 10.8. The third kappa shape index (κ3) is 5.37. The molecule has 34 heavy (non-hydrogen) atoms. The first-order valence-electron chi connectivity index (χ1n) is 10.1. The third-order valence-corrected chi connectivity index (χ3v) is 6.38. The number of benzene rings is 1. The number of rotatable bonds is 6. The predicted octanol–water partition coefficient (Wildman–Crippen LogP) is 3.45. The van der Waals surface area contributed by atoms with Gasteiger partial charge in [0.15, 0.2) is 5.69 Å². The second-order valence-electron chi connectivity index (χ2n) is 7.70. The van der Waals surface area contributed by atoms with Crippen LogP contribution in [0.25, 0.3) is 11.5 Å². The highest BCUT2D eigenvalue weighted by atomic mass is 32.2. The van der Waals surface area contributed by atoms with Crippen LogP contribution in [0.4, 0.5) is 24.7 Å². The highest BCUT2D eigenvalue weighted by Crippen LogP contribution is 2.35. The number of sulfonamides is 1. The van der Waals surface area contributed by atoms with E-state index >= 15 is 0 Å². The number of pyridine rings is 1. The summed E-state index contributed by atoms with van der Waals surface area (Å²) in [6.45, 7) is 0.698. The van der Waals surface area contributed by atoms with E-state index in [9.17, 15) is 26.4 Å². The number of halogens is 3. The zero-order valence-electron chi connectivity index (χ0n) is 17.8. The van der Waals surface area contributed by atoms with Gasteiger partial charge in [0, 0.05) is 24.7 Å². The molecule has 3 heterocycles. The predicted molar refractivity (Wildman–Crippen MR) is 118 cm³/mol. The molecule has 1 aliphatic heterocycles. The van der Waals surface area contributed by atoms with Crippen LogP contribution in [-0.2, 0) is 16.2 Å². The molecule has 2 N–H and O–H groups in total.